The van der Waals surface area contributed by atoms with Crippen LogP contribution in [0.1, 0.15) is 23.2 Å². The number of aromatic nitrogens is 5. The SMILES string of the molecule is Cc1cc(COc2ccc(Cl)cc2CNc2ncnc3c2ncn3[C@@H]2O[C@H](C(=O)O)[C@@H](N)[C@H]2O)on1. The average Bonchev–Trinajstić information content (AvgIpc) is 3.55. The fourth-order valence-corrected chi connectivity index (χ4v) is 4.14. The van der Waals surface area contributed by atoms with E-state index in [-0.39, 0.29) is 6.61 Å². The molecule has 0 spiro atoms. The Bertz CT molecular complexity index is 1410. The zero-order valence-electron chi connectivity index (χ0n) is 18.9. The summed E-state index contributed by atoms with van der Waals surface area (Å²) in [5.41, 5.74) is 8.07. The van der Waals surface area contributed by atoms with Gasteiger partial charge in [-0.3, -0.25) is 4.57 Å². The Morgan fingerprint density at radius 3 is 2.86 bits per heavy atom. The van der Waals surface area contributed by atoms with Gasteiger partial charge in [-0.15, -0.1) is 0 Å². The number of carboxylic acids is 1. The molecule has 4 atom stereocenters. The van der Waals surface area contributed by atoms with Gasteiger partial charge in [0, 0.05) is 23.2 Å². The Morgan fingerprint density at radius 2 is 2.14 bits per heavy atom. The summed E-state index contributed by atoms with van der Waals surface area (Å²) < 4.78 is 18.0. The number of aliphatic hydroxyl groups is 1. The van der Waals surface area contributed by atoms with Crippen LogP contribution in [0.15, 0.2) is 41.4 Å². The van der Waals surface area contributed by atoms with E-state index in [9.17, 15) is 15.0 Å². The minimum atomic E-state index is -1.36. The van der Waals surface area contributed by atoms with E-state index in [1.807, 2.05) is 6.92 Å². The second-order valence-corrected chi connectivity index (χ2v) is 8.67. The molecule has 4 heterocycles. The molecule has 5 N–H and O–H groups in total. The number of hydrogen-bond donors (Lipinski definition) is 4. The Hall–Kier alpha value is -3.78. The van der Waals surface area contributed by atoms with Crippen LogP contribution in [0.5, 0.6) is 5.75 Å². The number of aliphatic hydroxyl groups excluding tert-OH is 1. The lowest BCUT2D eigenvalue weighted by molar-refractivity contribution is -0.152. The van der Waals surface area contributed by atoms with Crippen LogP contribution < -0.4 is 15.8 Å². The van der Waals surface area contributed by atoms with Crippen molar-refractivity contribution in [1.82, 2.24) is 24.7 Å². The van der Waals surface area contributed by atoms with Crippen molar-refractivity contribution in [2.24, 2.45) is 5.73 Å². The average molecular weight is 516 g/mol. The zero-order valence-corrected chi connectivity index (χ0v) is 19.7. The molecule has 14 heteroatoms. The summed E-state index contributed by atoms with van der Waals surface area (Å²) in [4.78, 5) is 24.2. The maximum absolute atomic E-state index is 11.4. The van der Waals surface area contributed by atoms with Crippen molar-refractivity contribution in [2.45, 2.75) is 44.6 Å². The van der Waals surface area contributed by atoms with Crippen LogP contribution in [0.3, 0.4) is 0 Å². The molecule has 0 amide bonds. The molecule has 1 aliphatic heterocycles. The topological polar surface area (TPSA) is 184 Å². The molecule has 0 aliphatic carbocycles. The molecule has 0 radical (unpaired) electrons. The molecule has 3 aromatic heterocycles. The fourth-order valence-electron chi connectivity index (χ4n) is 3.95. The quantitative estimate of drug-likeness (QED) is 0.266. The monoisotopic (exact) mass is 515 g/mol. The summed E-state index contributed by atoms with van der Waals surface area (Å²) >= 11 is 6.21. The Labute approximate surface area is 208 Å². The minimum absolute atomic E-state index is 0.195. The number of halogens is 1. The van der Waals surface area contributed by atoms with E-state index in [0.717, 1.165) is 11.3 Å². The molecule has 13 nitrogen and oxygen atoms in total. The van der Waals surface area contributed by atoms with Gasteiger partial charge in [0.1, 0.15) is 24.8 Å². The van der Waals surface area contributed by atoms with E-state index in [1.165, 1.54) is 17.2 Å². The highest BCUT2D eigenvalue weighted by Crippen LogP contribution is 2.32. The maximum atomic E-state index is 11.4. The number of carbonyl (C=O) groups is 1. The number of aliphatic carboxylic acids is 1. The van der Waals surface area contributed by atoms with E-state index in [2.05, 4.69) is 25.4 Å². The molecule has 1 aromatic carbocycles. The van der Waals surface area contributed by atoms with Crippen LogP contribution in [0.25, 0.3) is 11.2 Å². The van der Waals surface area contributed by atoms with E-state index >= 15 is 0 Å². The van der Waals surface area contributed by atoms with Gasteiger partial charge in [0.15, 0.2) is 35.1 Å². The Balaban J connectivity index is 1.36. The van der Waals surface area contributed by atoms with Gasteiger partial charge < -0.3 is 35.3 Å². The van der Waals surface area contributed by atoms with E-state index in [4.69, 9.17) is 31.3 Å². The molecule has 5 rings (SSSR count). The van der Waals surface area contributed by atoms with Crippen molar-refractivity contribution in [3.8, 4) is 5.75 Å². The number of nitrogens with zero attached hydrogens (tertiary/aromatic N) is 5. The van der Waals surface area contributed by atoms with Crippen molar-refractivity contribution < 1.29 is 29.0 Å². The highest BCUT2D eigenvalue weighted by molar-refractivity contribution is 6.30. The van der Waals surface area contributed by atoms with Gasteiger partial charge in [-0.2, -0.15) is 0 Å². The van der Waals surface area contributed by atoms with Crippen molar-refractivity contribution in [3.05, 3.63) is 59.0 Å². The van der Waals surface area contributed by atoms with Crippen molar-refractivity contribution in [2.75, 3.05) is 5.32 Å². The van der Waals surface area contributed by atoms with Crippen LogP contribution in [-0.4, -0.2) is 59.1 Å². The highest BCUT2D eigenvalue weighted by atomic mass is 35.5. The van der Waals surface area contributed by atoms with Crippen molar-refractivity contribution in [1.29, 1.82) is 0 Å². The van der Waals surface area contributed by atoms with Gasteiger partial charge in [0.05, 0.1) is 18.1 Å². The lowest BCUT2D eigenvalue weighted by atomic mass is 10.1. The molecule has 4 aromatic rings. The van der Waals surface area contributed by atoms with Gasteiger partial charge in [0.2, 0.25) is 0 Å². The first-order valence-corrected chi connectivity index (χ1v) is 11.3. The van der Waals surface area contributed by atoms with Gasteiger partial charge in [-0.1, -0.05) is 16.8 Å². The largest absolute Gasteiger partial charge is 0.485 e. The van der Waals surface area contributed by atoms with Crippen LogP contribution in [0, 0.1) is 6.92 Å². The summed E-state index contributed by atoms with van der Waals surface area (Å²) in [7, 11) is 0. The summed E-state index contributed by atoms with van der Waals surface area (Å²) in [6.45, 7) is 2.31. The molecular formula is C22H22ClN7O6. The number of rotatable bonds is 8. The maximum Gasteiger partial charge on any atom is 0.334 e. The van der Waals surface area contributed by atoms with Crippen molar-refractivity contribution >= 4 is 34.6 Å². The molecule has 36 heavy (non-hydrogen) atoms. The molecule has 0 bridgehead atoms. The standard InChI is InChI=1S/C22H22ClN7O6/c1-10-4-13(36-29-10)7-34-14-3-2-12(23)5-11(14)6-25-19-16-20(27-8-26-19)30(9-28-16)21-17(31)15(24)18(35-21)22(32)33/h2-5,8-9,15,17-18,21,31H,6-7,24H2,1H3,(H,32,33)(H,25,26,27)/t15-,17+,18-,21+/m0/s1. The summed E-state index contributed by atoms with van der Waals surface area (Å²) in [5.74, 6) is 0.323. The number of hydrogen-bond acceptors (Lipinski definition) is 11. The minimum Gasteiger partial charge on any atom is -0.485 e. The highest BCUT2D eigenvalue weighted by Gasteiger charge is 2.46. The fraction of sp³-hybridized carbons (Fsp3) is 0.318. The molecular weight excluding hydrogens is 494 g/mol. The van der Waals surface area contributed by atoms with Crippen LogP contribution >= 0.6 is 11.6 Å². The van der Waals surface area contributed by atoms with E-state index in [0.29, 0.717) is 40.1 Å². The lowest BCUT2D eigenvalue weighted by Gasteiger charge is -2.16. The normalized spacial score (nSPS) is 21.7. The second-order valence-electron chi connectivity index (χ2n) is 8.23. The number of nitrogens with two attached hydrogens (primary N) is 1. The number of nitrogens with one attached hydrogen (secondary N) is 1. The number of aryl methyl sites for hydroxylation is 1. The molecule has 1 fully saturated rings. The predicted molar refractivity (Wildman–Crippen MR) is 125 cm³/mol. The third-order valence-electron chi connectivity index (χ3n) is 5.71. The lowest BCUT2D eigenvalue weighted by Crippen LogP contribution is -2.43. The molecule has 1 saturated heterocycles. The van der Waals surface area contributed by atoms with Crippen LogP contribution in [-0.2, 0) is 22.7 Å². The van der Waals surface area contributed by atoms with E-state index in [1.54, 1.807) is 24.3 Å². The van der Waals surface area contributed by atoms with Gasteiger partial charge in [0.25, 0.3) is 0 Å². The number of anilines is 1. The number of benzene rings is 1. The zero-order chi connectivity index (χ0) is 25.4. The van der Waals surface area contributed by atoms with Crippen LogP contribution in [0.2, 0.25) is 5.02 Å². The summed E-state index contributed by atoms with van der Waals surface area (Å²) in [6.07, 6.45) is -0.983. The van der Waals surface area contributed by atoms with Crippen LogP contribution in [0.4, 0.5) is 5.82 Å². The number of fused-ring (bicyclic) bond motifs is 1. The first-order chi connectivity index (χ1) is 17.3. The number of carboxylic acid groups (broad SMARTS) is 1. The van der Waals surface area contributed by atoms with Gasteiger partial charge in [-0.25, -0.2) is 19.7 Å². The summed E-state index contributed by atoms with van der Waals surface area (Å²) in [6, 6.07) is 5.93. The molecule has 188 valence electrons. The van der Waals surface area contributed by atoms with Crippen molar-refractivity contribution in [3.63, 3.8) is 0 Å². The summed E-state index contributed by atoms with van der Waals surface area (Å²) in [5, 5.41) is 27.3. The first-order valence-electron chi connectivity index (χ1n) is 10.9. The Morgan fingerprint density at radius 1 is 1.31 bits per heavy atom. The van der Waals surface area contributed by atoms with E-state index < -0.39 is 30.4 Å². The number of ether oxygens (including phenoxy) is 2. The molecule has 0 unspecified atom stereocenters. The molecule has 0 saturated carbocycles. The second kappa shape index (κ2) is 9.70. The Kier molecular flexibility index (Phi) is 6.45. The smallest absolute Gasteiger partial charge is 0.334 e. The third-order valence-corrected chi connectivity index (χ3v) is 5.95. The predicted octanol–water partition coefficient (Wildman–Crippen LogP) is 1.64. The number of imidazole rings is 1. The molecule has 1 aliphatic rings. The third kappa shape index (κ3) is 4.56. The van der Waals surface area contributed by atoms with Gasteiger partial charge in [-0.05, 0) is 25.1 Å². The van der Waals surface area contributed by atoms with Gasteiger partial charge >= 0.3 is 5.97 Å². The first kappa shape index (κ1) is 23.9.